The molecule has 20 heavy (non-hydrogen) atoms. The normalized spacial score (nSPS) is 9.45. The molecule has 0 aromatic heterocycles. The van der Waals surface area contributed by atoms with Crippen LogP contribution >= 0.6 is 23.5 Å². The Kier molecular flexibility index (Phi) is 63.6. The Bertz CT molecular complexity index is 298. The van der Waals surface area contributed by atoms with E-state index in [1.165, 1.54) is 0 Å². The molecule has 0 rings (SSSR count). The standard InChI is InChI=1S/3K.4Na.H5O10P3.7H/c;;;;;;;1-11(2,3)9-13(7,8)10-12(4,5)6;;;;;;;/h;;;;;;;(H,7,8)(H2,1,2,3)(H2,4,5,6);;;;;;;. The molecule has 0 amide bonds. The SMILES string of the molecule is O=P(O)(O)OP(=O)(O)OP(=O)(O)O.[KH].[KH].[KH].[NaH].[NaH].[NaH].[NaH]. The maximum atomic E-state index is 10.4. The van der Waals surface area contributed by atoms with Crippen molar-refractivity contribution >= 4 is 296 Å². The van der Waals surface area contributed by atoms with Crippen LogP contribution in [0.15, 0.2) is 0 Å². The molecule has 0 bridgehead atoms. The van der Waals surface area contributed by atoms with Crippen LogP contribution in [0.5, 0.6) is 0 Å². The van der Waals surface area contributed by atoms with E-state index in [2.05, 4.69) is 8.62 Å². The summed E-state index contributed by atoms with van der Waals surface area (Å²) in [5, 5.41) is 0. The molecule has 0 heterocycles. The Morgan fingerprint density at radius 2 is 0.700 bits per heavy atom. The average Bonchev–Trinajstić information content (AvgIpc) is 1.43. The van der Waals surface area contributed by atoms with Crippen molar-refractivity contribution in [1.29, 1.82) is 0 Å². The third kappa shape index (κ3) is 41.6. The Balaban J connectivity index is -0.0000000343. The van der Waals surface area contributed by atoms with E-state index in [0.29, 0.717) is 0 Å². The van der Waals surface area contributed by atoms with Crippen LogP contribution in [0.25, 0.3) is 0 Å². The molecule has 0 atom stereocenters. The van der Waals surface area contributed by atoms with Crippen LogP contribution < -0.4 is 0 Å². The molecule has 20 heteroatoms. The first-order valence-electron chi connectivity index (χ1n) is 2.28. The molecule has 0 saturated heterocycles. The predicted octanol–water partition coefficient (Wildman–Crippen LogP) is -5.23. The molecule has 0 saturated carbocycles. The maximum absolute atomic E-state index is 10.4. The summed E-state index contributed by atoms with van der Waals surface area (Å²) in [6, 6.07) is 0. The van der Waals surface area contributed by atoms with Gasteiger partial charge in [0.05, 0.1) is 0 Å². The van der Waals surface area contributed by atoms with Gasteiger partial charge in [0, 0.05) is 0 Å². The van der Waals surface area contributed by atoms with Crippen LogP contribution in [0.2, 0.25) is 0 Å². The van der Waals surface area contributed by atoms with Gasteiger partial charge in [0.15, 0.2) is 0 Å². The quantitative estimate of drug-likeness (QED) is 0.196. The molecular formula is H12K3Na4O10P3. The van der Waals surface area contributed by atoms with Gasteiger partial charge in [-0.25, -0.2) is 13.7 Å². The average molecular weight is 474 g/mol. The molecule has 0 aliphatic carbocycles. The Labute approximate surface area is 332 Å². The summed E-state index contributed by atoms with van der Waals surface area (Å²) in [5.41, 5.74) is 0. The summed E-state index contributed by atoms with van der Waals surface area (Å²) in [7, 11) is -16.2. The molecule has 0 aliphatic heterocycles. The summed E-state index contributed by atoms with van der Waals surface area (Å²) >= 11 is 0. The fourth-order valence-corrected chi connectivity index (χ4v) is 2.82. The van der Waals surface area contributed by atoms with Gasteiger partial charge in [-0.2, -0.15) is 8.62 Å². The van der Waals surface area contributed by atoms with E-state index < -0.39 is 23.5 Å². The third-order valence-corrected chi connectivity index (χ3v) is 3.77. The Morgan fingerprint density at radius 1 is 0.550 bits per heavy atom. The molecule has 5 N–H and O–H groups in total. The van der Waals surface area contributed by atoms with E-state index in [1.54, 1.807) is 0 Å². The fraction of sp³-hybridized carbons (Fsp3) is 0. The second-order valence-electron chi connectivity index (χ2n) is 1.61. The van der Waals surface area contributed by atoms with Crippen LogP contribution in [0.4, 0.5) is 0 Å². The van der Waals surface area contributed by atoms with Gasteiger partial charge in [-0.05, 0) is 0 Å². The molecule has 0 aliphatic rings. The second-order valence-corrected chi connectivity index (χ2v) is 5.82. The van der Waals surface area contributed by atoms with Gasteiger partial charge >= 0.3 is 296 Å². The van der Waals surface area contributed by atoms with E-state index in [1.807, 2.05) is 0 Å². The minimum absolute atomic E-state index is 0. The summed E-state index contributed by atoms with van der Waals surface area (Å²) in [6.07, 6.45) is 0. The number of phosphoric acid groups is 3. The van der Waals surface area contributed by atoms with Gasteiger partial charge < -0.3 is 24.5 Å². The summed E-state index contributed by atoms with van der Waals surface area (Å²) < 4.78 is 36.4. The molecule has 10 nitrogen and oxygen atoms in total. The number of hydrogen-bond acceptors (Lipinski definition) is 5. The molecule has 0 aromatic rings. The van der Waals surface area contributed by atoms with Crippen molar-refractivity contribution in [1.82, 2.24) is 0 Å². The molecule has 0 aromatic carbocycles. The zero-order valence-electron chi connectivity index (χ0n) is 5.62. The van der Waals surface area contributed by atoms with Gasteiger partial charge in [-0.1, -0.05) is 0 Å². The number of rotatable bonds is 4. The van der Waals surface area contributed by atoms with Crippen molar-refractivity contribution in [3.8, 4) is 0 Å². The molecule has 94 valence electrons. The summed E-state index contributed by atoms with van der Waals surface area (Å²) in [6.45, 7) is 0. The van der Waals surface area contributed by atoms with E-state index in [0.717, 1.165) is 0 Å². The first-order chi connectivity index (χ1) is 5.41. The molecule has 0 spiro atoms. The topological polar surface area (TPSA) is 171 Å². The van der Waals surface area contributed by atoms with E-state index in [9.17, 15) is 13.7 Å². The molecular weight excluding hydrogens is 462 g/mol. The van der Waals surface area contributed by atoms with Crippen molar-refractivity contribution in [2.45, 2.75) is 0 Å². The number of hydrogen-bond donors (Lipinski definition) is 5. The van der Waals surface area contributed by atoms with Crippen LogP contribution in [0, 0.1) is 0 Å². The van der Waals surface area contributed by atoms with E-state index in [-0.39, 0.29) is 272 Å². The van der Waals surface area contributed by atoms with Gasteiger partial charge in [-0.3, -0.25) is 0 Å². The molecule has 0 fully saturated rings. The Morgan fingerprint density at radius 3 is 0.800 bits per heavy atom. The van der Waals surface area contributed by atoms with Crippen LogP contribution in [-0.4, -0.2) is 297 Å². The summed E-state index contributed by atoms with van der Waals surface area (Å²) in [5.74, 6) is 0. The second kappa shape index (κ2) is 24.6. The third-order valence-electron chi connectivity index (χ3n) is 0.419. The van der Waals surface area contributed by atoms with E-state index in [4.69, 9.17) is 24.5 Å². The minimum atomic E-state index is -5.46. The predicted molar refractivity (Wildman–Crippen MR) is 86.1 cm³/mol. The van der Waals surface area contributed by atoms with Crippen molar-refractivity contribution in [3.05, 3.63) is 0 Å². The van der Waals surface area contributed by atoms with Gasteiger partial charge in [0.2, 0.25) is 0 Å². The van der Waals surface area contributed by atoms with Crippen LogP contribution in [-0.2, 0) is 22.3 Å². The molecule has 0 radical (unpaired) electrons. The monoisotopic (exact) mass is 474 g/mol. The first kappa shape index (κ1) is 51.7. The van der Waals surface area contributed by atoms with Crippen molar-refractivity contribution < 1.29 is 46.8 Å². The van der Waals surface area contributed by atoms with Crippen molar-refractivity contribution in [2.24, 2.45) is 0 Å². The Hall–Kier alpha value is 9.32. The van der Waals surface area contributed by atoms with E-state index >= 15 is 0 Å². The van der Waals surface area contributed by atoms with Crippen molar-refractivity contribution in [3.63, 3.8) is 0 Å². The molecule has 0 unspecified atom stereocenters. The zero-order valence-corrected chi connectivity index (χ0v) is 8.30. The van der Waals surface area contributed by atoms with Gasteiger partial charge in [-0.15, -0.1) is 0 Å². The zero-order chi connectivity index (χ0) is 10.9. The van der Waals surface area contributed by atoms with Gasteiger partial charge in [0.25, 0.3) is 0 Å². The van der Waals surface area contributed by atoms with Crippen LogP contribution in [0.1, 0.15) is 0 Å². The first-order valence-corrected chi connectivity index (χ1v) is 6.83. The summed E-state index contributed by atoms with van der Waals surface area (Å²) in [4.78, 5) is 40.2. The van der Waals surface area contributed by atoms with Gasteiger partial charge in [0.1, 0.15) is 0 Å². The van der Waals surface area contributed by atoms with Crippen molar-refractivity contribution in [2.75, 3.05) is 0 Å². The fourth-order valence-electron chi connectivity index (χ4n) is 0.284. The van der Waals surface area contributed by atoms with Crippen LogP contribution in [0.3, 0.4) is 0 Å².